The number of rotatable bonds is 3. The molecule has 0 bridgehead atoms. The minimum absolute atomic E-state index is 0.931. The van der Waals surface area contributed by atoms with Crippen LogP contribution in [0.15, 0.2) is 180 Å². The van der Waals surface area contributed by atoms with Crippen LogP contribution in [-0.4, -0.2) is 11.4 Å². The van der Waals surface area contributed by atoms with Gasteiger partial charge in [-0.1, -0.05) is 158 Å². The second-order valence-corrected chi connectivity index (χ2v) is 18.1. The summed E-state index contributed by atoms with van der Waals surface area (Å²) in [7, 11) is 14.7. The predicted molar refractivity (Wildman–Crippen MR) is 219 cm³/mol. The van der Waals surface area contributed by atoms with Gasteiger partial charge >= 0.3 is 41.5 Å². The van der Waals surface area contributed by atoms with Crippen LogP contribution >= 0.6 is 30.3 Å². The van der Waals surface area contributed by atoms with E-state index in [-0.39, 0.29) is 0 Å². The van der Waals surface area contributed by atoms with Crippen molar-refractivity contribution in [2.24, 2.45) is 9.98 Å². The summed E-state index contributed by atoms with van der Waals surface area (Å²) in [6, 6.07) is 60.5. The number of aliphatic imine (C=N–C) groups is 2. The van der Waals surface area contributed by atoms with E-state index in [0.29, 0.717) is 0 Å². The Morgan fingerprint density at radius 2 is 0.577 bits per heavy atom. The summed E-state index contributed by atoms with van der Waals surface area (Å²) in [4.78, 5) is 11.2. The van der Waals surface area contributed by atoms with Gasteiger partial charge < -0.3 is 0 Å². The van der Waals surface area contributed by atoms with Gasteiger partial charge in [0.05, 0.1) is 22.8 Å². The number of nitrogens with zero attached hydrogens (tertiary/aromatic N) is 2. The average molecular weight is 771 g/mol. The molecule has 0 aromatic heterocycles. The normalized spacial score (nSPS) is 12.4. The van der Waals surface area contributed by atoms with Crippen LogP contribution in [0.5, 0.6) is 0 Å². The Hall–Kier alpha value is -4.99. The van der Waals surface area contributed by atoms with Gasteiger partial charge in [-0.15, -0.1) is 0 Å². The number of hydrogen-bond acceptors (Lipinski definition) is 2. The Kier molecular flexibility index (Phi) is 8.76. The van der Waals surface area contributed by atoms with Crippen LogP contribution in [0.4, 0.5) is 11.4 Å². The summed E-state index contributed by atoms with van der Waals surface area (Å²) in [5.41, 5.74) is 15.6. The van der Waals surface area contributed by atoms with E-state index in [0.717, 1.165) is 67.0 Å². The Morgan fingerprint density at radius 3 is 0.904 bits per heavy atom. The molecule has 0 amide bonds. The molecule has 0 N–H and O–H groups in total. The molecule has 0 radical (unpaired) electrons. The summed E-state index contributed by atoms with van der Waals surface area (Å²) < 4.78 is 0. The molecule has 2 aliphatic rings. The summed E-state index contributed by atoms with van der Waals surface area (Å²) in [5.74, 6) is 0. The smallest absolute Gasteiger partial charge is 0.0794 e. The van der Waals surface area contributed by atoms with E-state index in [1.54, 1.807) is 0 Å². The molecule has 2 nitrogen and oxygen atoms in total. The van der Waals surface area contributed by atoms with Crippen LogP contribution in [0.25, 0.3) is 54.9 Å². The summed E-state index contributed by atoms with van der Waals surface area (Å²) in [6.07, 6.45) is 0. The molecule has 8 aromatic rings. The van der Waals surface area contributed by atoms with Crippen molar-refractivity contribution >= 4 is 74.6 Å². The SMILES string of the molecule is [Cl][Fe]([Cl])[Cl].c1ccc2c(c1)C(=Nc1ccc3ccccc3c1-c1c(N=C3c4ccccc4-c4ccccc43)ccc3ccccc13)c1ccccc1-2. The van der Waals surface area contributed by atoms with Gasteiger partial charge in [0.2, 0.25) is 0 Å². The van der Waals surface area contributed by atoms with Gasteiger partial charge in [0.1, 0.15) is 0 Å². The third-order valence-corrected chi connectivity index (χ3v) is 9.84. The maximum absolute atomic E-state index is 5.59. The van der Waals surface area contributed by atoms with Gasteiger partial charge in [0.15, 0.2) is 0 Å². The van der Waals surface area contributed by atoms with Crippen LogP contribution in [-0.2, 0) is 11.2 Å². The number of hydrogen-bond donors (Lipinski definition) is 0. The van der Waals surface area contributed by atoms with E-state index in [4.69, 9.17) is 40.3 Å². The maximum Gasteiger partial charge on any atom is 0.0794 e. The Balaban J connectivity index is 0.000000859. The van der Waals surface area contributed by atoms with Crippen LogP contribution in [0.3, 0.4) is 0 Å². The monoisotopic (exact) mass is 769 g/mol. The van der Waals surface area contributed by atoms with E-state index >= 15 is 0 Å². The first kappa shape index (κ1) is 32.9. The molecule has 251 valence electrons. The molecule has 52 heavy (non-hydrogen) atoms. The molecule has 0 heterocycles. The topological polar surface area (TPSA) is 24.7 Å². The molecule has 6 heteroatoms. The van der Waals surface area contributed by atoms with Crippen LogP contribution in [0.1, 0.15) is 22.3 Å². The van der Waals surface area contributed by atoms with Crippen molar-refractivity contribution in [3.05, 3.63) is 192 Å². The Morgan fingerprint density at radius 1 is 0.308 bits per heavy atom. The van der Waals surface area contributed by atoms with Crippen LogP contribution in [0, 0.1) is 0 Å². The molecule has 0 fully saturated rings. The van der Waals surface area contributed by atoms with Crippen LogP contribution in [0.2, 0.25) is 0 Å². The second kappa shape index (κ2) is 13.9. The first-order valence-corrected chi connectivity index (χ1v) is 21.4. The zero-order chi connectivity index (χ0) is 35.2. The van der Waals surface area contributed by atoms with Gasteiger partial charge in [0, 0.05) is 33.4 Å². The zero-order valence-electron chi connectivity index (χ0n) is 27.5. The zero-order valence-corrected chi connectivity index (χ0v) is 30.9. The predicted octanol–water partition coefficient (Wildman–Crippen LogP) is 14.0. The summed E-state index contributed by atoms with van der Waals surface area (Å²) >= 11 is -1.33. The van der Waals surface area contributed by atoms with Crippen molar-refractivity contribution in [3.63, 3.8) is 0 Å². The molecule has 2 aliphatic carbocycles. The van der Waals surface area contributed by atoms with E-state index < -0.39 is 11.2 Å². The molecule has 0 spiro atoms. The number of halogens is 3. The first-order chi connectivity index (χ1) is 25.6. The third kappa shape index (κ3) is 5.76. The molecular formula is C46H28Cl3FeN2. The number of fused-ring (bicyclic) bond motifs is 8. The molecule has 0 saturated heterocycles. The minimum Gasteiger partial charge on any atom is -0.247 e. The second-order valence-electron chi connectivity index (χ2n) is 12.6. The standard InChI is InChI=1S/C46H28N2.3ClH.Fe/c1-3-15-31-29(13-1)25-27-41(47-45-37-21-9-5-17-33(37)34-18-6-10-22-38(34)45)43(31)44-32-16-4-2-14-30(32)26-28-42(44)48-46-39-23-11-7-19-35(39)36-20-8-12-24-40(36)46;;;;/h1-28H;3*1H;/q;;;;+3/p-3. The van der Waals surface area contributed by atoms with E-state index in [1.807, 2.05) is 0 Å². The quantitative estimate of drug-likeness (QED) is 0.160. The van der Waals surface area contributed by atoms with E-state index in [2.05, 4.69) is 170 Å². The molecule has 0 saturated carbocycles. The maximum atomic E-state index is 5.59. The molecular weight excluding hydrogens is 743 g/mol. The van der Waals surface area contributed by atoms with Gasteiger partial charge in [0.25, 0.3) is 0 Å². The first-order valence-electron chi connectivity index (χ1n) is 16.8. The average Bonchev–Trinajstić information content (AvgIpc) is 3.67. The minimum atomic E-state index is -1.33. The molecule has 10 rings (SSSR count). The van der Waals surface area contributed by atoms with Crippen molar-refractivity contribution in [2.45, 2.75) is 0 Å². The van der Waals surface area contributed by atoms with E-state index in [9.17, 15) is 0 Å². The summed E-state index contributed by atoms with van der Waals surface area (Å²) in [5, 5.41) is 4.66. The fourth-order valence-electron chi connectivity index (χ4n) is 7.70. The van der Waals surface area contributed by atoms with Crippen molar-refractivity contribution in [3.8, 4) is 33.4 Å². The van der Waals surface area contributed by atoms with Gasteiger partial charge in [-0.25, -0.2) is 9.98 Å². The molecule has 0 atom stereocenters. The fraction of sp³-hybridized carbons (Fsp3) is 0. The summed E-state index contributed by atoms with van der Waals surface area (Å²) in [6.45, 7) is 0. The largest absolute Gasteiger partial charge is 0.247 e. The Labute approximate surface area is 319 Å². The molecule has 0 unspecified atom stereocenters. The van der Waals surface area contributed by atoms with Gasteiger partial charge in [-0.3, -0.25) is 0 Å². The molecule has 8 aromatic carbocycles. The number of benzene rings is 8. The third-order valence-electron chi connectivity index (χ3n) is 9.84. The van der Waals surface area contributed by atoms with Crippen molar-refractivity contribution in [1.29, 1.82) is 0 Å². The fourth-order valence-corrected chi connectivity index (χ4v) is 7.70. The van der Waals surface area contributed by atoms with Crippen molar-refractivity contribution in [1.82, 2.24) is 0 Å². The van der Waals surface area contributed by atoms with Crippen LogP contribution < -0.4 is 0 Å². The molecule has 0 aliphatic heterocycles. The van der Waals surface area contributed by atoms with Crippen molar-refractivity contribution in [2.75, 3.05) is 0 Å². The van der Waals surface area contributed by atoms with Gasteiger partial charge in [-0.2, -0.15) is 0 Å². The van der Waals surface area contributed by atoms with E-state index in [1.165, 1.54) is 33.0 Å². The Bertz CT molecular complexity index is 2470. The van der Waals surface area contributed by atoms with Crippen molar-refractivity contribution < 1.29 is 11.2 Å². The van der Waals surface area contributed by atoms with Gasteiger partial charge in [-0.05, 0) is 55.9 Å².